The number of piperidine rings is 1. The quantitative estimate of drug-likeness (QED) is 0.701. The molecule has 0 amide bonds. The highest BCUT2D eigenvalue weighted by Crippen LogP contribution is 2.28. The molecule has 0 aliphatic carbocycles. The summed E-state index contributed by atoms with van der Waals surface area (Å²) in [7, 11) is 4.25. The normalized spacial score (nSPS) is 16.3. The van der Waals surface area contributed by atoms with Crippen LogP contribution in [0.3, 0.4) is 0 Å². The van der Waals surface area contributed by atoms with Gasteiger partial charge in [0.15, 0.2) is 0 Å². The molecule has 116 valence electrons. The van der Waals surface area contributed by atoms with Crippen molar-refractivity contribution in [1.29, 1.82) is 0 Å². The molecular formula is C14H20B2Br2N4. The van der Waals surface area contributed by atoms with Gasteiger partial charge in [-0.15, -0.1) is 0 Å². The molecule has 2 heterocycles. The number of hydrogen-bond donors (Lipinski definition) is 2. The van der Waals surface area contributed by atoms with E-state index in [4.69, 9.17) is 4.98 Å². The van der Waals surface area contributed by atoms with Crippen LogP contribution in [-0.2, 0) is 0 Å². The molecule has 1 aliphatic rings. The van der Waals surface area contributed by atoms with Crippen molar-refractivity contribution in [3.05, 3.63) is 8.95 Å². The first kappa shape index (κ1) is 16.4. The Morgan fingerprint density at radius 1 is 1.09 bits per heavy atom. The predicted molar refractivity (Wildman–Crippen MR) is 107 cm³/mol. The maximum Gasteiger partial charge on any atom is 0.201 e. The number of aromatic amines is 1. The van der Waals surface area contributed by atoms with Crippen molar-refractivity contribution in [1.82, 2.24) is 14.9 Å². The molecule has 0 atom stereocenters. The van der Waals surface area contributed by atoms with Crippen molar-refractivity contribution in [3.63, 3.8) is 0 Å². The molecule has 0 unspecified atom stereocenters. The molecule has 22 heavy (non-hydrogen) atoms. The number of anilines is 1. The Kier molecular flexibility index (Phi) is 5.20. The molecule has 1 fully saturated rings. The molecule has 2 N–H and O–H groups in total. The maximum atomic E-state index is 4.70. The lowest BCUT2D eigenvalue weighted by atomic mass is 9.80. The van der Waals surface area contributed by atoms with Crippen LogP contribution in [0.1, 0.15) is 19.3 Å². The van der Waals surface area contributed by atoms with Gasteiger partial charge in [0.25, 0.3) is 0 Å². The van der Waals surface area contributed by atoms with Crippen LogP contribution in [0.25, 0.3) is 11.0 Å². The minimum Gasteiger partial charge on any atom is -0.355 e. The van der Waals surface area contributed by atoms with E-state index in [-0.39, 0.29) is 0 Å². The number of halogens is 2. The first-order valence-electron chi connectivity index (χ1n) is 7.88. The largest absolute Gasteiger partial charge is 0.355 e. The second-order valence-corrected chi connectivity index (χ2v) is 7.60. The summed E-state index contributed by atoms with van der Waals surface area (Å²) in [6.45, 7) is 4.48. The minimum atomic E-state index is 0.855. The molecule has 1 aromatic heterocycles. The summed E-state index contributed by atoms with van der Waals surface area (Å²) in [5, 5.41) is 3.43. The van der Waals surface area contributed by atoms with Gasteiger partial charge in [-0.25, -0.2) is 4.98 Å². The summed E-state index contributed by atoms with van der Waals surface area (Å²) < 4.78 is 2.11. The molecule has 4 nitrogen and oxygen atoms in total. The summed E-state index contributed by atoms with van der Waals surface area (Å²) in [4.78, 5) is 10.6. The zero-order valence-electron chi connectivity index (χ0n) is 13.1. The van der Waals surface area contributed by atoms with Crippen LogP contribution >= 0.6 is 31.9 Å². The number of benzene rings is 1. The fourth-order valence-electron chi connectivity index (χ4n) is 3.02. The molecule has 0 saturated carbocycles. The number of imidazole rings is 1. The average molecular weight is 426 g/mol. The molecule has 1 aliphatic heterocycles. The molecule has 8 heteroatoms. The van der Waals surface area contributed by atoms with Gasteiger partial charge >= 0.3 is 0 Å². The maximum absolute atomic E-state index is 4.70. The summed E-state index contributed by atoms with van der Waals surface area (Å²) >= 11 is 7.28. The van der Waals surface area contributed by atoms with E-state index >= 15 is 0 Å². The number of fused-ring (bicyclic) bond motifs is 1. The van der Waals surface area contributed by atoms with Gasteiger partial charge in [-0.1, -0.05) is 33.3 Å². The highest BCUT2D eigenvalue weighted by molar-refractivity contribution is 9.13. The molecule has 3 rings (SSSR count). The van der Waals surface area contributed by atoms with Gasteiger partial charge in [-0.2, -0.15) is 0 Å². The van der Waals surface area contributed by atoms with Crippen molar-refractivity contribution in [2.45, 2.75) is 19.3 Å². The molecule has 0 spiro atoms. The second kappa shape index (κ2) is 6.97. The lowest BCUT2D eigenvalue weighted by molar-refractivity contribution is 0.237. The van der Waals surface area contributed by atoms with E-state index in [0.717, 1.165) is 39.0 Å². The summed E-state index contributed by atoms with van der Waals surface area (Å²) in [5.74, 6) is 0.855. The van der Waals surface area contributed by atoms with Crippen LogP contribution in [-0.4, -0.2) is 56.7 Å². The molecule has 1 saturated heterocycles. The number of rotatable bonds is 4. The second-order valence-electron chi connectivity index (χ2n) is 6.02. The van der Waals surface area contributed by atoms with Crippen molar-refractivity contribution >= 4 is 75.5 Å². The van der Waals surface area contributed by atoms with Crippen molar-refractivity contribution in [2.24, 2.45) is 0 Å². The van der Waals surface area contributed by atoms with Crippen LogP contribution in [0.15, 0.2) is 8.95 Å². The fourth-order valence-corrected chi connectivity index (χ4v) is 4.09. The first-order chi connectivity index (χ1) is 10.6. The van der Waals surface area contributed by atoms with E-state index in [9.17, 15) is 0 Å². The van der Waals surface area contributed by atoms with Crippen LogP contribution < -0.4 is 16.2 Å². The molecule has 1 aromatic carbocycles. The van der Waals surface area contributed by atoms with Gasteiger partial charge in [-0.05, 0) is 41.9 Å². The van der Waals surface area contributed by atoms with E-state index in [1.807, 2.05) is 0 Å². The molecular weight excluding hydrogens is 406 g/mol. The van der Waals surface area contributed by atoms with Crippen LogP contribution in [0.5, 0.6) is 0 Å². The Balaban J connectivity index is 1.72. The predicted octanol–water partition coefficient (Wildman–Crippen LogP) is 0.502. The third kappa shape index (κ3) is 3.24. The summed E-state index contributed by atoms with van der Waals surface area (Å²) in [6.07, 6.45) is 4.06. The van der Waals surface area contributed by atoms with Crippen LogP contribution in [0.4, 0.5) is 5.95 Å². The molecule has 0 bridgehead atoms. The van der Waals surface area contributed by atoms with E-state index in [2.05, 4.69) is 62.8 Å². The fraction of sp³-hybridized carbons (Fsp3) is 0.500. The van der Waals surface area contributed by atoms with Gasteiger partial charge in [0, 0.05) is 17.6 Å². The van der Waals surface area contributed by atoms with E-state index < -0.39 is 0 Å². The SMILES string of the molecule is Bc1c(Br)c(Br)c2nc(NCCN3CCCCC3)[nH]c2c1B. The van der Waals surface area contributed by atoms with Crippen molar-refractivity contribution in [3.8, 4) is 0 Å². The number of aromatic nitrogens is 2. The van der Waals surface area contributed by atoms with Gasteiger partial charge in [0.1, 0.15) is 21.2 Å². The monoisotopic (exact) mass is 424 g/mol. The zero-order chi connectivity index (χ0) is 15.7. The summed E-state index contributed by atoms with van der Waals surface area (Å²) in [5.41, 5.74) is 4.56. The Labute approximate surface area is 149 Å². The number of hydrogen-bond acceptors (Lipinski definition) is 3. The highest BCUT2D eigenvalue weighted by atomic mass is 79.9. The molecule has 0 radical (unpaired) electrons. The smallest absolute Gasteiger partial charge is 0.201 e. The van der Waals surface area contributed by atoms with Gasteiger partial charge in [0.05, 0.1) is 9.99 Å². The minimum absolute atomic E-state index is 0.855. The zero-order valence-corrected chi connectivity index (χ0v) is 16.3. The van der Waals surface area contributed by atoms with E-state index in [0.29, 0.717) is 0 Å². The lowest BCUT2D eigenvalue weighted by Crippen LogP contribution is -2.33. The highest BCUT2D eigenvalue weighted by Gasteiger charge is 2.15. The summed E-state index contributed by atoms with van der Waals surface area (Å²) in [6, 6.07) is 0. The van der Waals surface area contributed by atoms with Gasteiger partial charge < -0.3 is 15.2 Å². The first-order valence-corrected chi connectivity index (χ1v) is 9.46. The molecule has 2 aromatic rings. The third-order valence-corrected chi connectivity index (χ3v) is 6.84. The lowest BCUT2D eigenvalue weighted by Gasteiger charge is -2.26. The topological polar surface area (TPSA) is 44.0 Å². The van der Waals surface area contributed by atoms with Crippen LogP contribution in [0.2, 0.25) is 0 Å². The number of nitrogens with one attached hydrogen (secondary N) is 2. The van der Waals surface area contributed by atoms with Gasteiger partial charge in [0.2, 0.25) is 5.95 Å². The van der Waals surface area contributed by atoms with E-state index in [1.165, 1.54) is 43.3 Å². The third-order valence-electron chi connectivity index (χ3n) is 4.54. The number of likely N-dealkylation sites (tertiary alicyclic amines) is 1. The Hall–Kier alpha value is -0.460. The van der Waals surface area contributed by atoms with Crippen molar-refractivity contribution < 1.29 is 0 Å². The van der Waals surface area contributed by atoms with Crippen molar-refractivity contribution in [2.75, 3.05) is 31.5 Å². The Morgan fingerprint density at radius 2 is 1.82 bits per heavy atom. The Bertz CT molecular complexity index is 638. The number of H-pyrrole nitrogens is 1. The van der Waals surface area contributed by atoms with E-state index in [1.54, 1.807) is 0 Å². The average Bonchev–Trinajstić information content (AvgIpc) is 2.96. The van der Waals surface area contributed by atoms with Crippen LogP contribution in [0, 0.1) is 0 Å². The standard InChI is InChI=1S/C14H20B2Br2N4/c15-8-9(16)12-13(11(18)10(8)17)21-14(20-12)19-4-7-22-5-2-1-3-6-22/h1-7,15-16H2,(H2,19,20,21). The van der Waals surface area contributed by atoms with Gasteiger partial charge in [-0.3, -0.25) is 0 Å². The Morgan fingerprint density at radius 3 is 2.55 bits per heavy atom. The number of nitrogens with zero attached hydrogens (tertiary/aromatic N) is 2.